The number of aromatic nitrogens is 4. The molecule has 0 atom stereocenters. The predicted molar refractivity (Wildman–Crippen MR) is 57.9 cm³/mol. The van der Waals surface area contributed by atoms with Gasteiger partial charge < -0.3 is 11.5 Å². The molecule has 6 nitrogen and oxygen atoms in total. The molecule has 0 amide bonds. The number of nitrogens with two attached hydrogens (primary N) is 2. The lowest BCUT2D eigenvalue weighted by Crippen LogP contribution is -2.49. The van der Waals surface area contributed by atoms with E-state index in [-0.39, 0.29) is 11.5 Å². The summed E-state index contributed by atoms with van der Waals surface area (Å²) in [4.78, 5) is 11.1. The summed E-state index contributed by atoms with van der Waals surface area (Å²) in [7, 11) is 0. The fourth-order valence-electron chi connectivity index (χ4n) is 1.50. The van der Waals surface area contributed by atoms with Crippen molar-refractivity contribution in [1.82, 2.24) is 15.0 Å². The quantitative estimate of drug-likeness (QED) is 0.536. The number of hydrogen-bond donors (Lipinski definition) is 3. The summed E-state index contributed by atoms with van der Waals surface area (Å²) in [5.74, 6) is 0.568. The van der Waals surface area contributed by atoms with Crippen LogP contribution >= 0.6 is 0 Å². The van der Waals surface area contributed by atoms with Crippen LogP contribution in [0.3, 0.4) is 0 Å². The molecule has 2 aromatic rings. The maximum absolute atomic E-state index is 5.74. The number of nitrogens with zero attached hydrogens (tertiary/aromatic N) is 3. The maximum Gasteiger partial charge on any atom is 0.310 e. The van der Waals surface area contributed by atoms with Crippen LogP contribution in [0.15, 0.2) is 6.33 Å². The van der Waals surface area contributed by atoms with E-state index >= 15 is 0 Å². The van der Waals surface area contributed by atoms with E-state index in [1.54, 1.807) is 0 Å². The number of rotatable bonds is 0. The van der Waals surface area contributed by atoms with Crippen LogP contribution in [0, 0.1) is 0 Å². The van der Waals surface area contributed by atoms with Gasteiger partial charge in [0.05, 0.1) is 5.54 Å². The number of imidazole rings is 1. The first-order chi connectivity index (χ1) is 6.89. The van der Waals surface area contributed by atoms with Crippen LogP contribution in [0.25, 0.3) is 11.2 Å². The van der Waals surface area contributed by atoms with Crippen molar-refractivity contribution in [2.24, 2.45) is 0 Å². The highest BCUT2D eigenvalue weighted by Gasteiger charge is 2.25. The Morgan fingerprint density at radius 1 is 1.27 bits per heavy atom. The number of hydrogen-bond acceptors (Lipinski definition) is 4. The van der Waals surface area contributed by atoms with Gasteiger partial charge in [-0.15, -0.1) is 0 Å². The Morgan fingerprint density at radius 3 is 2.53 bits per heavy atom. The molecular weight excluding hydrogens is 192 g/mol. The lowest BCUT2D eigenvalue weighted by atomic mass is 10.1. The summed E-state index contributed by atoms with van der Waals surface area (Å²) in [5.41, 5.74) is 12.7. The van der Waals surface area contributed by atoms with Gasteiger partial charge >= 0.3 is 5.65 Å². The number of aromatic amines is 1. The van der Waals surface area contributed by atoms with Gasteiger partial charge in [-0.2, -0.15) is 4.98 Å². The zero-order valence-electron chi connectivity index (χ0n) is 9.07. The summed E-state index contributed by atoms with van der Waals surface area (Å²) >= 11 is 0. The van der Waals surface area contributed by atoms with E-state index in [0.29, 0.717) is 5.82 Å². The molecule has 0 saturated heterocycles. The van der Waals surface area contributed by atoms with Crippen molar-refractivity contribution < 1.29 is 4.57 Å². The molecule has 0 unspecified atom stereocenters. The van der Waals surface area contributed by atoms with Crippen molar-refractivity contribution in [1.29, 1.82) is 0 Å². The molecule has 0 aliphatic rings. The molecule has 15 heavy (non-hydrogen) atoms. The molecule has 0 aromatic carbocycles. The molecule has 0 bridgehead atoms. The lowest BCUT2D eigenvalue weighted by Gasteiger charge is -2.15. The molecule has 6 heteroatoms. The molecule has 2 heterocycles. The van der Waals surface area contributed by atoms with Crippen molar-refractivity contribution in [3.05, 3.63) is 6.33 Å². The average Bonchev–Trinajstić information content (AvgIpc) is 2.45. The average molecular weight is 207 g/mol. The minimum absolute atomic E-state index is 0.0779. The van der Waals surface area contributed by atoms with E-state index in [1.807, 2.05) is 10.9 Å². The van der Waals surface area contributed by atoms with Crippen molar-refractivity contribution in [2.45, 2.75) is 26.3 Å². The van der Waals surface area contributed by atoms with Crippen LogP contribution in [0.5, 0.6) is 0 Å². The summed E-state index contributed by atoms with van der Waals surface area (Å²) in [6, 6.07) is 0. The van der Waals surface area contributed by atoms with Crippen molar-refractivity contribution in [3.8, 4) is 0 Å². The molecule has 5 N–H and O–H groups in total. The van der Waals surface area contributed by atoms with Crippen molar-refractivity contribution in [3.63, 3.8) is 0 Å². The zero-order chi connectivity index (χ0) is 11.2. The first-order valence-electron chi connectivity index (χ1n) is 4.72. The Hall–Kier alpha value is -1.85. The van der Waals surface area contributed by atoms with Gasteiger partial charge in [0.2, 0.25) is 5.52 Å². The lowest BCUT2D eigenvalue weighted by molar-refractivity contribution is -0.732. The highest BCUT2D eigenvalue weighted by Crippen LogP contribution is 2.16. The minimum Gasteiger partial charge on any atom is -0.380 e. The SMILES string of the molecule is CC(C)(C)[n+]1c[nH]c2c(N)nc(N)nc21. The van der Waals surface area contributed by atoms with Gasteiger partial charge in [-0.1, -0.05) is 4.98 Å². The predicted octanol–water partition coefficient (Wildman–Crippen LogP) is 0.165. The Bertz CT molecular complexity index is 507. The smallest absolute Gasteiger partial charge is 0.310 e. The van der Waals surface area contributed by atoms with E-state index in [9.17, 15) is 0 Å². The van der Waals surface area contributed by atoms with E-state index in [4.69, 9.17) is 11.5 Å². The van der Waals surface area contributed by atoms with Gasteiger partial charge in [-0.05, 0) is 20.8 Å². The Balaban J connectivity index is 2.80. The van der Waals surface area contributed by atoms with Crippen LogP contribution in [-0.4, -0.2) is 15.0 Å². The third kappa shape index (κ3) is 1.47. The van der Waals surface area contributed by atoms with Gasteiger partial charge in [0, 0.05) is 0 Å². The molecule has 2 aromatic heterocycles. The summed E-state index contributed by atoms with van der Waals surface area (Å²) in [5, 5.41) is 0. The molecule has 0 radical (unpaired) electrons. The van der Waals surface area contributed by atoms with Gasteiger partial charge in [-0.3, -0.25) is 4.98 Å². The second kappa shape index (κ2) is 2.82. The normalized spacial score (nSPS) is 12.2. The van der Waals surface area contributed by atoms with Crippen LogP contribution in [0.1, 0.15) is 20.8 Å². The molecular formula is C9H15N6+. The van der Waals surface area contributed by atoms with Crippen LogP contribution in [0.4, 0.5) is 11.8 Å². The third-order valence-corrected chi connectivity index (χ3v) is 2.22. The Morgan fingerprint density at radius 2 is 1.93 bits per heavy atom. The Labute approximate surface area is 87.3 Å². The largest absolute Gasteiger partial charge is 0.380 e. The fraction of sp³-hybridized carbons (Fsp3) is 0.444. The standard InChI is InChI=1S/C9H14N6/c1-9(2,3)15-4-12-5-6(10)13-8(11)14-7(5)15/h4H,1-3H3,(H4,10,11,13,14)/p+1. The van der Waals surface area contributed by atoms with Crippen LogP contribution in [0.2, 0.25) is 0 Å². The minimum atomic E-state index is -0.0779. The van der Waals surface area contributed by atoms with Crippen molar-refractivity contribution in [2.75, 3.05) is 11.5 Å². The number of nitrogen functional groups attached to an aromatic ring is 2. The molecule has 2 rings (SSSR count). The molecule has 0 saturated carbocycles. The number of anilines is 2. The van der Waals surface area contributed by atoms with Crippen molar-refractivity contribution >= 4 is 22.9 Å². The highest BCUT2D eigenvalue weighted by molar-refractivity contribution is 5.79. The maximum atomic E-state index is 5.74. The molecule has 0 fully saturated rings. The third-order valence-electron chi connectivity index (χ3n) is 2.22. The topological polar surface area (TPSA) is 97.5 Å². The summed E-state index contributed by atoms with van der Waals surface area (Å²) in [6.07, 6.45) is 1.83. The molecule has 0 aliphatic heterocycles. The van der Waals surface area contributed by atoms with Gasteiger partial charge in [0.1, 0.15) is 0 Å². The zero-order valence-corrected chi connectivity index (χ0v) is 9.07. The van der Waals surface area contributed by atoms with Crippen LogP contribution in [-0.2, 0) is 5.54 Å². The first-order valence-corrected chi connectivity index (χ1v) is 4.72. The van der Waals surface area contributed by atoms with Gasteiger partial charge in [0.25, 0.3) is 5.95 Å². The van der Waals surface area contributed by atoms with E-state index < -0.39 is 0 Å². The number of fused-ring (bicyclic) bond motifs is 1. The Kier molecular flexibility index (Phi) is 1.82. The van der Waals surface area contributed by atoms with E-state index in [1.165, 1.54) is 0 Å². The second-order valence-electron chi connectivity index (χ2n) is 4.48. The monoisotopic (exact) mass is 207 g/mol. The van der Waals surface area contributed by atoms with Gasteiger partial charge in [-0.25, -0.2) is 4.57 Å². The fourth-order valence-corrected chi connectivity index (χ4v) is 1.50. The molecule has 0 spiro atoms. The van der Waals surface area contributed by atoms with Gasteiger partial charge in [0.15, 0.2) is 12.1 Å². The summed E-state index contributed by atoms with van der Waals surface area (Å²) in [6.45, 7) is 6.23. The number of H-pyrrole nitrogens is 1. The van der Waals surface area contributed by atoms with E-state index in [0.717, 1.165) is 11.2 Å². The van der Waals surface area contributed by atoms with E-state index in [2.05, 4.69) is 35.7 Å². The number of nitrogens with one attached hydrogen (secondary N) is 1. The summed E-state index contributed by atoms with van der Waals surface area (Å²) < 4.78 is 1.98. The second-order valence-corrected chi connectivity index (χ2v) is 4.48. The first kappa shape index (κ1) is 9.70. The highest BCUT2D eigenvalue weighted by atomic mass is 15.2. The molecule has 80 valence electrons. The van der Waals surface area contributed by atoms with Crippen LogP contribution < -0.4 is 16.0 Å². The molecule has 0 aliphatic carbocycles.